The Bertz CT molecular complexity index is 2450. The number of ether oxygens (including phenoxy) is 6. The van der Waals surface area contributed by atoms with Crippen LogP contribution in [0.3, 0.4) is 0 Å². The van der Waals surface area contributed by atoms with Gasteiger partial charge in [-0.05, 0) is 124 Å². The molecule has 3 aliphatic heterocycles. The first kappa shape index (κ1) is 63.9. The zero-order valence-corrected chi connectivity index (χ0v) is 44.9. The van der Waals surface area contributed by atoms with Crippen LogP contribution in [-0.2, 0) is 47.3 Å². The Morgan fingerprint density at radius 2 is 1.05 bits per heavy atom. The molecule has 7 rings (SSSR count). The molecule has 0 spiro atoms. The molecule has 3 aliphatic rings. The van der Waals surface area contributed by atoms with Crippen molar-refractivity contribution in [1.29, 1.82) is 0 Å². The lowest BCUT2D eigenvalue weighted by atomic mass is 9.88. The molecule has 2 aromatic heterocycles. The minimum absolute atomic E-state index is 0. The monoisotopic (exact) mass is 1050 g/mol. The summed E-state index contributed by atoms with van der Waals surface area (Å²) in [4.78, 5) is 40.7. The maximum absolute atomic E-state index is 11.4. The van der Waals surface area contributed by atoms with Gasteiger partial charge in [-0.25, -0.2) is 19.9 Å². The third kappa shape index (κ3) is 18.1. The fraction of sp³-hybridized carbons (Fsp3) is 0.607. The van der Waals surface area contributed by atoms with Gasteiger partial charge in [-0.2, -0.15) is 0 Å². The highest BCUT2D eigenvalue weighted by Gasteiger charge is 2.50. The van der Waals surface area contributed by atoms with Crippen molar-refractivity contribution in [3.8, 4) is 0 Å². The second-order valence-corrected chi connectivity index (χ2v) is 20.4. The lowest BCUT2D eigenvalue weighted by Crippen LogP contribution is -2.41. The summed E-state index contributed by atoms with van der Waals surface area (Å²) in [5, 5.41) is 20.8. The minimum atomic E-state index is -0.718. The Kier molecular flexibility index (Phi) is 24.7. The van der Waals surface area contributed by atoms with Gasteiger partial charge < -0.3 is 47.9 Å². The van der Waals surface area contributed by atoms with Crippen LogP contribution in [0.1, 0.15) is 178 Å². The number of aliphatic hydroxyl groups is 2. The molecule has 0 saturated carbocycles. The SMILES string of the molecule is C.C.CCC[C@H](O)c1nc2ccccc2nc1/C=C/[C@H]1OC(C)(C)O[C@H]1CCCC(=O)OC.CCC[C@H](O)c1nc2ccccc2nc1Cl.COC(=O)CCC[C@@H]1OC(C)(C)O[C@@H]1/C=C/B1OC(C)(C)C(C)(C)O1. The number of methoxy groups -OCH3 is 2. The van der Waals surface area contributed by atoms with Crippen molar-refractivity contribution in [2.45, 2.75) is 208 Å². The van der Waals surface area contributed by atoms with Crippen LogP contribution in [0.4, 0.5) is 0 Å². The third-order valence-corrected chi connectivity index (χ3v) is 13.0. The van der Waals surface area contributed by atoms with Gasteiger partial charge >= 0.3 is 19.1 Å². The standard InChI is InChI=1S/C24H32N2O5.C18H31BO6.C12H13ClN2O.2CH4/c1-5-9-19(27)23-18(25-16-10-6-7-11-17(16)26-23)14-15-21-20(30-24(2,3)31-21)12-8-13-22(28)29-4;1-16(2)17(3,4)25-19(24-16)12-11-14-13(22-18(5,6)23-14)9-8-10-15(20)21-7;1-2-5-10(16)11-12(13)15-9-7-4-3-6-8(9)14-11;;/h6-7,10-11,14-15,19-21,27H,5,8-9,12-13H2,1-4H3;11-14H,8-10H2,1-7H3;3-4,6-7,10,16H,2,5H2,1H3;2*1H4/b15-14+;12-11+;;;/t19-,20-,21+;13-,14+;10-;;/m000../s1. The van der Waals surface area contributed by atoms with Gasteiger partial charge in [0.05, 0.1) is 83.3 Å². The first-order valence-electron chi connectivity index (χ1n) is 25.1. The molecular formula is C56H84BClN4O12. The van der Waals surface area contributed by atoms with Crippen molar-refractivity contribution in [3.63, 3.8) is 0 Å². The number of hydrogen-bond acceptors (Lipinski definition) is 16. The van der Waals surface area contributed by atoms with Gasteiger partial charge in [0.25, 0.3) is 0 Å². The molecule has 0 aliphatic carbocycles. The van der Waals surface area contributed by atoms with E-state index < -0.39 is 30.9 Å². The average molecular weight is 1050 g/mol. The van der Waals surface area contributed by atoms with E-state index in [-0.39, 0.29) is 62.4 Å². The Morgan fingerprint density at radius 3 is 1.50 bits per heavy atom. The van der Waals surface area contributed by atoms with Crippen molar-refractivity contribution in [2.75, 3.05) is 14.2 Å². The Morgan fingerprint density at radius 1 is 0.649 bits per heavy atom. The van der Waals surface area contributed by atoms with Gasteiger partial charge in [0.15, 0.2) is 16.7 Å². The molecule has 5 heterocycles. The normalized spacial score (nSPS) is 22.0. The molecule has 6 atom stereocenters. The number of halogens is 1. The number of esters is 2. The Hall–Kier alpha value is -4.43. The number of benzene rings is 2. The molecule has 16 nitrogen and oxygen atoms in total. The zero-order valence-electron chi connectivity index (χ0n) is 44.2. The number of carbonyl (C=O) groups excluding carboxylic acids is 2. The lowest BCUT2D eigenvalue weighted by Gasteiger charge is -2.32. The quantitative estimate of drug-likeness (QED) is 0.0703. The second kappa shape index (κ2) is 28.6. The van der Waals surface area contributed by atoms with Crippen LogP contribution in [0.5, 0.6) is 0 Å². The highest BCUT2D eigenvalue weighted by atomic mass is 35.5. The number of rotatable bonds is 18. The molecule has 0 bridgehead atoms. The van der Waals surface area contributed by atoms with E-state index in [0.717, 1.165) is 41.3 Å². The van der Waals surface area contributed by atoms with Crippen LogP contribution in [0.25, 0.3) is 28.1 Å². The molecular weight excluding hydrogens is 967 g/mol. The summed E-state index contributed by atoms with van der Waals surface area (Å²) in [5.74, 6) is 0.0822. The molecule has 2 aromatic carbocycles. The van der Waals surface area contributed by atoms with Crippen LogP contribution in [-0.4, -0.2) is 111 Å². The smallest absolute Gasteiger partial charge is 0.469 e. The first-order chi connectivity index (χ1) is 34.0. The maximum Gasteiger partial charge on any atom is 0.486 e. The molecule has 4 aromatic rings. The number of aliphatic hydroxyl groups excluding tert-OH is 2. The number of para-hydroxylation sites is 4. The van der Waals surface area contributed by atoms with Crippen LogP contribution >= 0.6 is 11.6 Å². The highest BCUT2D eigenvalue weighted by Crippen LogP contribution is 2.38. The van der Waals surface area contributed by atoms with E-state index in [2.05, 4.69) is 19.7 Å². The summed E-state index contributed by atoms with van der Waals surface area (Å²) in [6, 6.07) is 15.1. The Balaban J connectivity index is 0.000000302. The van der Waals surface area contributed by atoms with Gasteiger partial charge in [-0.1, -0.05) is 95.5 Å². The van der Waals surface area contributed by atoms with Crippen LogP contribution in [0.15, 0.2) is 66.7 Å². The number of aromatic nitrogens is 4. The zero-order chi connectivity index (χ0) is 52.9. The molecule has 18 heteroatoms. The minimum Gasteiger partial charge on any atom is -0.469 e. The fourth-order valence-electron chi connectivity index (χ4n) is 8.37. The number of hydrogen-bond donors (Lipinski definition) is 2. The van der Waals surface area contributed by atoms with Gasteiger partial charge in [0, 0.05) is 12.8 Å². The van der Waals surface area contributed by atoms with Gasteiger partial charge in [-0.3, -0.25) is 9.59 Å². The molecule has 2 N–H and O–H groups in total. The third-order valence-electron chi connectivity index (χ3n) is 12.7. The molecule has 3 saturated heterocycles. The van der Waals surface area contributed by atoms with Gasteiger partial charge in [0.1, 0.15) is 17.9 Å². The van der Waals surface area contributed by atoms with E-state index in [1.807, 2.05) is 142 Å². The summed E-state index contributed by atoms with van der Waals surface area (Å²) in [5.41, 5.74) is 3.97. The van der Waals surface area contributed by atoms with Crippen LogP contribution in [0, 0.1) is 0 Å². The number of fused-ring (bicyclic) bond motifs is 2. The number of nitrogens with zero attached hydrogens (tertiary/aromatic N) is 4. The summed E-state index contributed by atoms with van der Waals surface area (Å²) in [6.07, 6.45) is 10.0. The van der Waals surface area contributed by atoms with Crippen molar-refractivity contribution >= 4 is 58.8 Å². The first-order valence-corrected chi connectivity index (χ1v) is 25.5. The summed E-state index contributed by atoms with van der Waals surface area (Å²) in [7, 11) is 2.38. The Labute approximate surface area is 445 Å². The van der Waals surface area contributed by atoms with Gasteiger partial charge in [0.2, 0.25) is 0 Å². The summed E-state index contributed by atoms with van der Waals surface area (Å²) in [6.45, 7) is 19.7. The van der Waals surface area contributed by atoms with Crippen molar-refractivity contribution in [1.82, 2.24) is 19.9 Å². The predicted octanol–water partition coefficient (Wildman–Crippen LogP) is 11.8. The summed E-state index contributed by atoms with van der Waals surface area (Å²) >= 11 is 6.00. The molecule has 74 heavy (non-hydrogen) atoms. The van der Waals surface area contributed by atoms with E-state index in [1.165, 1.54) is 14.2 Å². The summed E-state index contributed by atoms with van der Waals surface area (Å²) < 4.78 is 45.4. The van der Waals surface area contributed by atoms with Crippen molar-refractivity contribution in [3.05, 3.63) is 88.9 Å². The fourth-order valence-corrected chi connectivity index (χ4v) is 8.63. The van der Waals surface area contributed by atoms with E-state index in [9.17, 15) is 19.8 Å². The molecule has 0 amide bonds. The van der Waals surface area contributed by atoms with Gasteiger partial charge in [-0.15, -0.1) is 0 Å². The molecule has 3 fully saturated rings. The second-order valence-electron chi connectivity index (χ2n) is 20.1. The molecule has 0 unspecified atom stereocenters. The predicted molar refractivity (Wildman–Crippen MR) is 291 cm³/mol. The number of carbonyl (C=O) groups is 2. The topological polar surface area (TPSA) is 200 Å². The lowest BCUT2D eigenvalue weighted by molar-refractivity contribution is -0.145. The van der Waals surface area contributed by atoms with E-state index >= 15 is 0 Å². The van der Waals surface area contributed by atoms with E-state index in [4.69, 9.17) is 49.6 Å². The highest BCUT2D eigenvalue weighted by molar-refractivity contribution is 6.51. The molecule has 410 valence electrons. The van der Waals surface area contributed by atoms with Crippen LogP contribution < -0.4 is 0 Å². The van der Waals surface area contributed by atoms with E-state index in [0.29, 0.717) is 67.2 Å². The largest absolute Gasteiger partial charge is 0.486 e. The van der Waals surface area contributed by atoms with E-state index in [1.54, 1.807) is 0 Å². The van der Waals surface area contributed by atoms with Crippen molar-refractivity contribution < 1.29 is 57.5 Å². The van der Waals surface area contributed by atoms with Crippen LogP contribution in [0.2, 0.25) is 5.15 Å². The van der Waals surface area contributed by atoms with Crippen molar-refractivity contribution in [2.24, 2.45) is 0 Å². The molecule has 0 radical (unpaired) electrons. The average Bonchev–Trinajstić information content (AvgIpc) is 3.88. The maximum atomic E-state index is 11.4.